The molecule has 5 aromatic carbocycles. The fourth-order valence-corrected chi connectivity index (χ4v) is 8.24. The van der Waals surface area contributed by atoms with Crippen molar-refractivity contribution in [1.82, 2.24) is 9.63 Å². The molecule has 7 rings (SSSR count). The number of nitrogens with zero attached hydrogens (tertiary/aromatic N) is 3. The molecule has 0 radical (unpaired) electrons. The molecule has 2 heterocycles. The van der Waals surface area contributed by atoms with E-state index in [0.717, 1.165) is 77.6 Å². The smallest absolute Gasteiger partial charge is 0.323 e. The van der Waals surface area contributed by atoms with E-state index in [1.165, 1.54) is 0 Å². The molecule has 1 fully saturated rings. The lowest BCUT2D eigenvalue weighted by molar-refractivity contribution is -0.293. The minimum absolute atomic E-state index is 0.0760. The molecule has 9 nitrogen and oxygen atoms in total. The molecule has 0 aliphatic carbocycles. The van der Waals surface area contributed by atoms with Crippen molar-refractivity contribution in [1.29, 1.82) is 0 Å². The summed E-state index contributed by atoms with van der Waals surface area (Å²) in [4.78, 5) is 51.3. The quantitative estimate of drug-likeness (QED) is 0.0763. The van der Waals surface area contributed by atoms with Crippen LogP contribution in [0.2, 0.25) is 0 Å². The van der Waals surface area contributed by atoms with Crippen molar-refractivity contribution in [2.45, 2.75) is 6.92 Å². The summed E-state index contributed by atoms with van der Waals surface area (Å²) < 4.78 is 1.40. The number of thiazole rings is 1. The molecule has 1 saturated heterocycles. The van der Waals surface area contributed by atoms with E-state index in [4.69, 9.17) is 22.1 Å². The van der Waals surface area contributed by atoms with Crippen LogP contribution in [0.25, 0.3) is 39.3 Å². The zero-order valence-corrected chi connectivity index (χ0v) is 31.9. The van der Waals surface area contributed by atoms with E-state index in [1.807, 2.05) is 66.7 Å². The molecule has 0 spiro atoms. The molecule has 1 aliphatic rings. The van der Waals surface area contributed by atoms with Crippen molar-refractivity contribution in [3.63, 3.8) is 0 Å². The SMILES string of the molecule is CCOOn1c(=O)/c(=C\C=C\c2ccc(N(c3ccc(-c4ccccc4)cc3)c3ccc(-c4ccccc4)cc3)cc2)s/c1=C1/SC(=S)N(CC(=O)O)C1=O. The minimum Gasteiger partial charge on any atom is -0.480 e. The van der Waals surface area contributed by atoms with Crippen molar-refractivity contribution < 1.29 is 24.6 Å². The van der Waals surface area contributed by atoms with Crippen LogP contribution in [0.3, 0.4) is 0 Å². The highest BCUT2D eigenvalue weighted by Gasteiger charge is 2.35. The summed E-state index contributed by atoms with van der Waals surface area (Å²) in [7, 11) is 0. The van der Waals surface area contributed by atoms with E-state index in [2.05, 4.69) is 77.7 Å². The lowest BCUT2D eigenvalue weighted by Crippen LogP contribution is -2.38. The maximum Gasteiger partial charge on any atom is 0.323 e. The molecule has 0 bridgehead atoms. The van der Waals surface area contributed by atoms with Gasteiger partial charge in [-0.3, -0.25) is 19.3 Å². The van der Waals surface area contributed by atoms with Crippen LogP contribution in [0.15, 0.2) is 144 Å². The van der Waals surface area contributed by atoms with E-state index >= 15 is 0 Å². The Balaban J connectivity index is 1.19. The predicted octanol–water partition coefficient (Wildman–Crippen LogP) is 7.64. The Morgan fingerprint density at radius 2 is 1.27 bits per heavy atom. The number of aromatic nitrogens is 1. The molecule has 274 valence electrons. The van der Waals surface area contributed by atoms with Crippen LogP contribution in [-0.2, 0) is 14.5 Å². The van der Waals surface area contributed by atoms with Crippen LogP contribution in [0.5, 0.6) is 0 Å². The topological polar surface area (TPSA) is 101 Å². The van der Waals surface area contributed by atoms with E-state index in [-0.39, 0.29) is 25.0 Å². The van der Waals surface area contributed by atoms with Gasteiger partial charge < -0.3 is 10.0 Å². The number of hydrogen-bond donors (Lipinski definition) is 1. The lowest BCUT2D eigenvalue weighted by Gasteiger charge is -2.26. The van der Waals surface area contributed by atoms with Gasteiger partial charge in [-0.05, 0) is 77.2 Å². The van der Waals surface area contributed by atoms with Gasteiger partial charge in [0.25, 0.3) is 5.91 Å². The standard InChI is InChI=1S/C43H33N3O6S3/c1-2-51-52-46-40(49)37(54-42(46)39-41(50)44(28-38(47)48)43(53)55-39)15-9-10-29-16-22-34(23-17-29)45(35-24-18-32(19-25-35)30-11-5-3-6-12-30)36-26-20-33(21-27-36)31-13-7-4-8-14-31/h3-27H,2,28H2,1H3,(H,47,48)/b10-9+,37-15+,42-39+. The Labute approximate surface area is 330 Å². The van der Waals surface area contributed by atoms with Gasteiger partial charge in [0.15, 0.2) is 4.66 Å². The van der Waals surface area contributed by atoms with E-state index in [1.54, 1.807) is 19.1 Å². The molecular formula is C43H33N3O6S3. The van der Waals surface area contributed by atoms with Crippen molar-refractivity contribution >= 4 is 85.6 Å². The lowest BCUT2D eigenvalue weighted by atomic mass is 10.0. The van der Waals surface area contributed by atoms with E-state index in [0.29, 0.717) is 0 Å². The molecule has 0 unspecified atom stereocenters. The van der Waals surface area contributed by atoms with Crippen LogP contribution < -0.4 is 24.6 Å². The first-order valence-corrected chi connectivity index (χ1v) is 19.3. The summed E-state index contributed by atoms with van der Waals surface area (Å²) in [5.74, 6) is -1.83. The van der Waals surface area contributed by atoms with Crippen LogP contribution in [0.1, 0.15) is 12.5 Å². The number of benzene rings is 5. The highest BCUT2D eigenvalue weighted by molar-refractivity contribution is 8.30. The fraction of sp³-hybridized carbons (Fsp3) is 0.0698. The average Bonchev–Trinajstić information content (AvgIpc) is 3.67. The van der Waals surface area contributed by atoms with Gasteiger partial charge in [0, 0.05) is 17.1 Å². The Morgan fingerprint density at radius 3 is 1.78 bits per heavy atom. The van der Waals surface area contributed by atoms with Gasteiger partial charge in [0.1, 0.15) is 15.8 Å². The molecule has 55 heavy (non-hydrogen) atoms. The van der Waals surface area contributed by atoms with E-state index in [9.17, 15) is 19.5 Å². The molecule has 12 heteroatoms. The third kappa shape index (κ3) is 8.37. The molecule has 0 atom stereocenters. The number of anilines is 3. The van der Waals surface area contributed by atoms with Crippen molar-refractivity contribution in [2.24, 2.45) is 0 Å². The number of hydrogen-bond acceptors (Lipinski definition) is 9. The van der Waals surface area contributed by atoms with Gasteiger partial charge >= 0.3 is 11.5 Å². The second-order valence-corrected chi connectivity index (χ2v) is 14.8. The second kappa shape index (κ2) is 17.0. The maximum atomic E-state index is 13.4. The summed E-state index contributed by atoms with van der Waals surface area (Å²) in [5.41, 5.74) is 7.89. The normalized spacial score (nSPS) is 14.2. The van der Waals surface area contributed by atoms with Crippen molar-refractivity contribution in [3.8, 4) is 22.3 Å². The highest BCUT2D eigenvalue weighted by atomic mass is 32.2. The van der Waals surface area contributed by atoms with Gasteiger partial charge in [0.2, 0.25) is 0 Å². The number of rotatable bonds is 12. The van der Waals surface area contributed by atoms with E-state index < -0.39 is 24.0 Å². The van der Waals surface area contributed by atoms with Gasteiger partial charge in [0.05, 0.1) is 11.1 Å². The summed E-state index contributed by atoms with van der Waals surface area (Å²) >= 11 is 7.17. The van der Waals surface area contributed by atoms with Crippen LogP contribution in [0.4, 0.5) is 17.1 Å². The molecule has 1 aromatic heterocycles. The number of thioether (sulfide) groups is 1. The van der Waals surface area contributed by atoms with Crippen LogP contribution in [-0.4, -0.2) is 44.1 Å². The maximum absolute atomic E-state index is 13.4. The summed E-state index contributed by atoms with van der Waals surface area (Å²) in [6.07, 6.45) is 5.24. The summed E-state index contributed by atoms with van der Waals surface area (Å²) in [6, 6.07) is 45.7. The van der Waals surface area contributed by atoms with Gasteiger partial charge in [-0.2, -0.15) is 4.89 Å². The molecule has 1 N–H and O–H groups in total. The number of thiocarbonyl (C=S) groups is 1. The largest absolute Gasteiger partial charge is 0.480 e. The van der Waals surface area contributed by atoms with Crippen molar-refractivity contribution in [3.05, 3.63) is 165 Å². The first kappa shape index (κ1) is 37.3. The van der Waals surface area contributed by atoms with Gasteiger partial charge in [-0.1, -0.05) is 138 Å². The first-order chi connectivity index (χ1) is 26.8. The zero-order chi connectivity index (χ0) is 38.3. The zero-order valence-electron chi connectivity index (χ0n) is 29.4. The van der Waals surface area contributed by atoms with Crippen LogP contribution in [0, 0.1) is 0 Å². The number of carbonyl (C=O) groups excluding carboxylic acids is 1. The molecular weight excluding hydrogens is 751 g/mol. The molecule has 6 aromatic rings. The Bertz CT molecular complexity index is 2470. The molecule has 1 amide bonds. The Hall–Kier alpha value is -6.05. The number of amides is 1. The number of allylic oxidation sites excluding steroid dienone is 1. The number of aliphatic carboxylic acids is 1. The monoisotopic (exact) mass is 783 g/mol. The summed E-state index contributed by atoms with van der Waals surface area (Å²) in [5, 5.41) is 9.23. The van der Waals surface area contributed by atoms with Gasteiger partial charge in [-0.15, -0.1) is 11.3 Å². The number of carbonyl (C=O) groups is 2. The predicted molar refractivity (Wildman–Crippen MR) is 224 cm³/mol. The highest BCUT2D eigenvalue weighted by Crippen LogP contribution is 2.37. The number of carboxylic acids is 1. The third-order valence-electron chi connectivity index (χ3n) is 8.52. The Kier molecular flexibility index (Phi) is 11.5. The van der Waals surface area contributed by atoms with Crippen LogP contribution >= 0.6 is 35.3 Å². The molecule has 1 aliphatic heterocycles. The second-order valence-electron chi connectivity index (χ2n) is 12.1. The number of carboxylic acid groups (broad SMARTS) is 1. The summed E-state index contributed by atoms with van der Waals surface area (Å²) in [6.45, 7) is 1.24. The Morgan fingerprint density at radius 1 is 0.764 bits per heavy atom. The first-order valence-electron chi connectivity index (χ1n) is 17.2. The third-order valence-corrected chi connectivity index (χ3v) is 11.2. The average molecular weight is 784 g/mol. The molecule has 0 saturated carbocycles. The minimum atomic E-state index is -1.21. The fourth-order valence-electron chi connectivity index (χ4n) is 5.89. The van der Waals surface area contributed by atoms with Gasteiger partial charge in [-0.25, -0.2) is 4.99 Å². The van der Waals surface area contributed by atoms with Crippen molar-refractivity contribution in [2.75, 3.05) is 18.1 Å².